The quantitative estimate of drug-likeness (QED) is 0.727. The zero-order valence-corrected chi connectivity index (χ0v) is 9.92. The van der Waals surface area contributed by atoms with Gasteiger partial charge in [0.25, 0.3) is 5.91 Å². The standard InChI is InChI=1S/C10H12N4O2S/c15-8-6-7(13-14-8)10(16)12-3-1-2-9-11-4-5-17-9/h4-5H,1-3,6H2,(H,12,16)(H,14,15). The lowest BCUT2D eigenvalue weighted by molar-refractivity contribution is -0.120. The third-order valence-corrected chi connectivity index (χ3v) is 3.08. The molecule has 0 atom stereocenters. The maximum absolute atomic E-state index is 11.5. The van der Waals surface area contributed by atoms with E-state index in [2.05, 4.69) is 20.8 Å². The SMILES string of the molecule is O=C1CC(C(=O)NCCCc2nccs2)=NN1. The largest absolute Gasteiger partial charge is 0.351 e. The van der Waals surface area contributed by atoms with E-state index in [1.54, 1.807) is 17.5 Å². The van der Waals surface area contributed by atoms with E-state index in [-0.39, 0.29) is 23.9 Å². The molecular formula is C10H12N4O2S. The summed E-state index contributed by atoms with van der Waals surface area (Å²) in [6, 6.07) is 0. The molecule has 2 N–H and O–H groups in total. The Balaban J connectivity index is 1.65. The second-order valence-corrected chi connectivity index (χ2v) is 4.53. The first-order valence-corrected chi connectivity index (χ1v) is 6.15. The van der Waals surface area contributed by atoms with E-state index in [0.717, 1.165) is 17.8 Å². The normalized spacial score (nSPS) is 14.4. The van der Waals surface area contributed by atoms with Gasteiger partial charge >= 0.3 is 0 Å². The highest BCUT2D eigenvalue weighted by atomic mass is 32.1. The number of hydrazone groups is 1. The topological polar surface area (TPSA) is 83.5 Å². The average Bonchev–Trinajstić information content (AvgIpc) is 2.95. The van der Waals surface area contributed by atoms with E-state index >= 15 is 0 Å². The molecule has 1 aromatic rings. The van der Waals surface area contributed by atoms with Crippen molar-refractivity contribution in [3.63, 3.8) is 0 Å². The molecule has 0 aliphatic carbocycles. The van der Waals surface area contributed by atoms with Gasteiger partial charge in [-0.3, -0.25) is 9.59 Å². The first-order chi connectivity index (χ1) is 8.25. The number of aromatic nitrogens is 1. The molecule has 0 bridgehead atoms. The number of carbonyl (C=O) groups is 2. The van der Waals surface area contributed by atoms with Crippen molar-refractivity contribution < 1.29 is 9.59 Å². The van der Waals surface area contributed by atoms with E-state index in [1.807, 2.05) is 5.38 Å². The second kappa shape index (κ2) is 5.53. The lowest BCUT2D eigenvalue weighted by atomic mass is 10.2. The van der Waals surface area contributed by atoms with Gasteiger partial charge in [0.05, 0.1) is 11.4 Å². The Morgan fingerprint density at radius 3 is 3.12 bits per heavy atom. The van der Waals surface area contributed by atoms with Crippen molar-refractivity contribution in [1.29, 1.82) is 0 Å². The zero-order valence-electron chi connectivity index (χ0n) is 9.10. The number of thiazole rings is 1. The molecule has 0 saturated heterocycles. The third kappa shape index (κ3) is 3.35. The molecule has 0 spiro atoms. The summed E-state index contributed by atoms with van der Waals surface area (Å²) in [5.74, 6) is -0.513. The van der Waals surface area contributed by atoms with Gasteiger partial charge < -0.3 is 5.32 Å². The van der Waals surface area contributed by atoms with Gasteiger partial charge in [0.1, 0.15) is 5.71 Å². The molecule has 1 aromatic heterocycles. The van der Waals surface area contributed by atoms with Crippen LogP contribution in [0.3, 0.4) is 0 Å². The van der Waals surface area contributed by atoms with E-state index in [4.69, 9.17) is 0 Å². The Hall–Kier alpha value is -1.76. The minimum atomic E-state index is -0.275. The average molecular weight is 252 g/mol. The Morgan fingerprint density at radius 1 is 1.59 bits per heavy atom. The molecule has 7 heteroatoms. The minimum Gasteiger partial charge on any atom is -0.351 e. The summed E-state index contributed by atoms with van der Waals surface area (Å²) in [7, 11) is 0. The number of amides is 2. The minimum absolute atomic E-state index is 0.0678. The van der Waals surface area contributed by atoms with Gasteiger partial charge in [-0.05, 0) is 6.42 Å². The van der Waals surface area contributed by atoms with E-state index in [9.17, 15) is 9.59 Å². The van der Waals surface area contributed by atoms with Gasteiger partial charge in [-0.1, -0.05) is 0 Å². The highest BCUT2D eigenvalue weighted by molar-refractivity contribution is 7.09. The van der Waals surface area contributed by atoms with Crippen molar-refractivity contribution in [3.05, 3.63) is 16.6 Å². The van der Waals surface area contributed by atoms with Gasteiger partial charge in [0, 0.05) is 24.5 Å². The molecule has 0 aromatic carbocycles. The van der Waals surface area contributed by atoms with Crippen molar-refractivity contribution in [2.75, 3.05) is 6.54 Å². The summed E-state index contributed by atoms with van der Waals surface area (Å²) >= 11 is 1.61. The molecule has 0 saturated carbocycles. The summed E-state index contributed by atoms with van der Waals surface area (Å²) in [5, 5.41) is 9.36. The number of aryl methyl sites for hydroxylation is 1. The summed E-state index contributed by atoms with van der Waals surface area (Å²) in [5.41, 5.74) is 2.50. The Labute approximate surface area is 102 Å². The van der Waals surface area contributed by atoms with Crippen molar-refractivity contribution in [2.24, 2.45) is 5.10 Å². The van der Waals surface area contributed by atoms with E-state index in [1.165, 1.54) is 0 Å². The van der Waals surface area contributed by atoms with Crippen LogP contribution in [0.4, 0.5) is 0 Å². The van der Waals surface area contributed by atoms with Crippen LogP contribution in [-0.4, -0.2) is 29.1 Å². The summed E-state index contributed by atoms with van der Waals surface area (Å²) < 4.78 is 0. The van der Waals surface area contributed by atoms with Gasteiger partial charge in [-0.2, -0.15) is 5.10 Å². The van der Waals surface area contributed by atoms with Crippen LogP contribution < -0.4 is 10.7 Å². The number of hydrogen-bond acceptors (Lipinski definition) is 5. The second-order valence-electron chi connectivity index (χ2n) is 3.56. The molecule has 17 heavy (non-hydrogen) atoms. The number of hydrogen-bond donors (Lipinski definition) is 2. The van der Waals surface area contributed by atoms with E-state index < -0.39 is 0 Å². The van der Waals surface area contributed by atoms with Crippen LogP contribution >= 0.6 is 11.3 Å². The van der Waals surface area contributed by atoms with Crippen LogP contribution in [0.2, 0.25) is 0 Å². The highest BCUT2D eigenvalue weighted by Gasteiger charge is 2.20. The Morgan fingerprint density at radius 2 is 2.47 bits per heavy atom. The lowest BCUT2D eigenvalue weighted by Crippen LogP contribution is -2.31. The first-order valence-electron chi connectivity index (χ1n) is 5.27. The number of nitrogens with zero attached hydrogens (tertiary/aromatic N) is 2. The molecule has 0 fully saturated rings. The molecule has 1 aliphatic rings. The van der Waals surface area contributed by atoms with Crippen LogP contribution in [-0.2, 0) is 16.0 Å². The molecule has 6 nitrogen and oxygen atoms in total. The predicted octanol–water partition coefficient (Wildman–Crippen LogP) is 0.0678. The first kappa shape index (κ1) is 11.7. The fourth-order valence-electron chi connectivity index (χ4n) is 1.41. The van der Waals surface area contributed by atoms with Gasteiger partial charge in [-0.15, -0.1) is 11.3 Å². The molecule has 0 radical (unpaired) electrons. The summed E-state index contributed by atoms with van der Waals surface area (Å²) in [6.07, 6.45) is 3.51. The maximum Gasteiger partial charge on any atom is 0.268 e. The monoisotopic (exact) mass is 252 g/mol. The molecular weight excluding hydrogens is 240 g/mol. The third-order valence-electron chi connectivity index (χ3n) is 2.24. The van der Waals surface area contributed by atoms with Crippen molar-refractivity contribution in [3.8, 4) is 0 Å². The Bertz CT molecular complexity index is 441. The van der Waals surface area contributed by atoms with Crippen molar-refractivity contribution in [2.45, 2.75) is 19.3 Å². The van der Waals surface area contributed by atoms with Crippen LogP contribution in [0, 0.1) is 0 Å². The van der Waals surface area contributed by atoms with Crippen molar-refractivity contribution in [1.82, 2.24) is 15.7 Å². The zero-order chi connectivity index (χ0) is 12.1. The summed E-state index contributed by atoms with van der Waals surface area (Å²) in [4.78, 5) is 26.5. The number of carbonyl (C=O) groups excluding carboxylic acids is 2. The van der Waals surface area contributed by atoms with E-state index in [0.29, 0.717) is 6.54 Å². The van der Waals surface area contributed by atoms with Crippen LogP contribution in [0.15, 0.2) is 16.7 Å². The fraction of sp³-hybridized carbons (Fsp3) is 0.400. The molecule has 2 rings (SSSR count). The molecule has 2 heterocycles. The van der Waals surface area contributed by atoms with Crippen LogP contribution in [0.1, 0.15) is 17.8 Å². The van der Waals surface area contributed by atoms with Crippen LogP contribution in [0.5, 0.6) is 0 Å². The lowest BCUT2D eigenvalue weighted by Gasteiger charge is -2.02. The predicted molar refractivity (Wildman–Crippen MR) is 63.6 cm³/mol. The summed E-state index contributed by atoms with van der Waals surface area (Å²) in [6.45, 7) is 0.561. The molecule has 2 amide bonds. The smallest absolute Gasteiger partial charge is 0.268 e. The molecule has 90 valence electrons. The fourth-order valence-corrected chi connectivity index (χ4v) is 2.07. The number of rotatable bonds is 5. The highest BCUT2D eigenvalue weighted by Crippen LogP contribution is 2.06. The van der Waals surface area contributed by atoms with Gasteiger partial charge in [-0.25, -0.2) is 10.4 Å². The Kier molecular flexibility index (Phi) is 3.81. The van der Waals surface area contributed by atoms with Gasteiger partial charge in [0.2, 0.25) is 5.91 Å². The maximum atomic E-state index is 11.5. The van der Waals surface area contributed by atoms with Gasteiger partial charge in [0.15, 0.2) is 0 Å². The molecule has 0 unspecified atom stereocenters. The number of nitrogens with one attached hydrogen (secondary N) is 2. The molecule has 1 aliphatic heterocycles. The van der Waals surface area contributed by atoms with Crippen molar-refractivity contribution >= 4 is 28.9 Å². The van der Waals surface area contributed by atoms with Crippen LogP contribution in [0.25, 0.3) is 0 Å².